The summed E-state index contributed by atoms with van der Waals surface area (Å²) in [6.45, 7) is 3.30. The summed E-state index contributed by atoms with van der Waals surface area (Å²) in [6.07, 6.45) is 12.1. The number of likely N-dealkylation sites (tertiary alicyclic amines) is 1. The third-order valence-electron chi connectivity index (χ3n) is 7.48. The van der Waals surface area contributed by atoms with Crippen molar-refractivity contribution in [1.29, 1.82) is 5.26 Å². The third-order valence-corrected chi connectivity index (χ3v) is 7.48. The molecule has 3 aromatic heterocycles. The Hall–Kier alpha value is -4.65. The topological polar surface area (TPSA) is 122 Å². The zero-order chi connectivity index (χ0) is 28.0. The van der Waals surface area contributed by atoms with Crippen molar-refractivity contribution in [2.75, 3.05) is 26.7 Å². The van der Waals surface area contributed by atoms with E-state index >= 15 is 0 Å². The van der Waals surface area contributed by atoms with Crippen LogP contribution in [-0.4, -0.2) is 68.5 Å². The average Bonchev–Trinajstić information content (AvgIpc) is 3.37. The number of amides is 1. The number of nitriles is 1. The number of imidazole rings is 1. The van der Waals surface area contributed by atoms with Gasteiger partial charge in [0.05, 0.1) is 36.3 Å². The minimum Gasteiger partial charge on any atom is -0.450 e. The number of rotatable bonds is 8. The second-order valence-electron chi connectivity index (χ2n) is 10.1. The smallest absolute Gasteiger partial charge is 0.409 e. The van der Waals surface area contributed by atoms with Gasteiger partial charge in [-0.05, 0) is 55.4 Å². The molecule has 0 atom stereocenters. The van der Waals surface area contributed by atoms with Crippen molar-refractivity contribution in [3.05, 3.63) is 71.9 Å². The van der Waals surface area contributed by atoms with Gasteiger partial charge in [0, 0.05) is 56.3 Å². The maximum absolute atomic E-state index is 12.2. The molecule has 10 heteroatoms. The average molecular weight is 537 g/mol. The number of hydrogen-bond donors (Lipinski definition) is 0. The van der Waals surface area contributed by atoms with Crippen LogP contribution < -0.4 is 0 Å². The highest BCUT2D eigenvalue weighted by molar-refractivity contribution is 6.08. The molecule has 1 aliphatic heterocycles. The molecule has 0 N–H and O–H groups in total. The molecular weight excluding hydrogens is 504 g/mol. The summed E-state index contributed by atoms with van der Waals surface area (Å²) in [5.41, 5.74) is 4.30. The van der Waals surface area contributed by atoms with E-state index < -0.39 is 0 Å². The number of nitrogens with zero attached hydrogens (tertiary/aromatic N) is 8. The van der Waals surface area contributed by atoms with Crippen molar-refractivity contribution >= 4 is 34.6 Å². The standard InChI is InChI=1S/C30H32N8O2/c1-3-40-29(39)37-15-11-30(10-13-31,12-16-37)9-8-24(19-32-2)27-21-35-28-34-20-25(38(28)36-27)18-22-6-7-26-23(17-22)5-4-14-33-26/h4-8,14,17,19-21H,3,9-12,15-16,18H2,1-2H3/b24-8+,32-19?. The van der Waals surface area contributed by atoms with Gasteiger partial charge in [0.1, 0.15) is 5.69 Å². The number of fused-ring (bicyclic) bond motifs is 2. The van der Waals surface area contributed by atoms with E-state index in [2.05, 4.69) is 50.3 Å². The molecule has 0 radical (unpaired) electrons. The second-order valence-corrected chi connectivity index (χ2v) is 10.1. The molecule has 0 aliphatic carbocycles. The van der Waals surface area contributed by atoms with Crippen molar-refractivity contribution < 1.29 is 9.53 Å². The summed E-state index contributed by atoms with van der Waals surface area (Å²) in [5, 5.41) is 15.6. The molecule has 204 valence electrons. The summed E-state index contributed by atoms with van der Waals surface area (Å²) >= 11 is 0. The van der Waals surface area contributed by atoms with Gasteiger partial charge in [-0.3, -0.25) is 9.98 Å². The molecule has 5 rings (SSSR count). The van der Waals surface area contributed by atoms with Crippen molar-refractivity contribution in [2.24, 2.45) is 10.4 Å². The maximum atomic E-state index is 12.2. The number of ether oxygens (including phenoxy) is 1. The number of pyridine rings is 1. The Morgan fingerprint density at radius 1 is 1.20 bits per heavy atom. The molecule has 4 heterocycles. The largest absolute Gasteiger partial charge is 0.450 e. The molecule has 0 saturated carbocycles. The highest BCUT2D eigenvalue weighted by Crippen LogP contribution is 2.39. The first-order chi connectivity index (χ1) is 19.5. The lowest BCUT2D eigenvalue weighted by molar-refractivity contribution is 0.0701. The van der Waals surface area contributed by atoms with Crippen LogP contribution in [0.25, 0.3) is 22.3 Å². The van der Waals surface area contributed by atoms with Crippen LogP contribution in [0.2, 0.25) is 0 Å². The molecule has 1 aromatic carbocycles. The Morgan fingerprint density at radius 2 is 2.02 bits per heavy atom. The van der Waals surface area contributed by atoms with E-state index in [9.17, 15) is 10.1 Å². The monoisotopic (exact) mass is 536 g/mol. The van der Waals surface area contributed by atoms with Gasteiger partial charge in [0.2, 0.25) is 0 Å². The molecule has 10 nitrogen and oxygen atoms in total. The van der Waals surface area contributed by atoms with Gasteiger partial charge in [-0.2, -0.15) is 10.4 Å². The molecule has 4 aromatic rings. The fourth-order valence-corrected chi connectivity index (χ4v) is 5.20. The molecule has 1 saturated heterocycles. The van der Waals surface area contributed by atoms with Crippen molar-refractivity contribution in [3.63, 3.8) is 0 Å². The minimum atomic E-state index is -0.289. The molecule has 40 heavy (non-hydrogen) atoms. The Morgan fingerprint density at radius 3 is 2.80 bits per heavy atom. The first-order valence-corrected chi connectivity index (χ1v) is 13.5. The van der Waals surface area contributed by atoms with E-state index in [-0.39, 0.29) is 11.5 Å². The van der Waals surface area contributed by atoms with Crippen molar-refractivity contribution in [2.45, 2.75) is 39.0 Å². The highest BCUT2D eigenvalue weighted by atomic mass is 16.6. The fourth-order valence-electron chi connectivity index (χ4n) is 5.20. The van der Waals surface area contributed by atoms with Crippen LogP contribution in [0.1, 0.15) is 49.6 Å². The zero-order valence-electron chi connectivity index (χ0n) is 22.8. The van der Waals surface area contributed by atoms with Crippen LogP contribution in [0.4, 0.5) is 4.79 Å². The Balaban J connectivity index is 1.39. The molecule has 1 amide bonds. The predicted octanol–water partition coefficient (Wildman–Crippen LogP) is 4.89. The van der Waals surface area contributed by atoms with Crippen LogP contribution in [0.3, 0.4) is 0 Å². The maximum Gasteiger partial charge on any atom is 0.409 e. The number of carbonyl (C=O) groups is 1. The Kier molecular flexibility index (Phi) is 8.10. The van der Waals surface area contributed by atoms with E-state index in [1.807, 2.05) is 18.3 Å². The molecule has 0 bridgehead atoms. The van der Waals surface area contributed by atoms with Gasteiger partial charge in [0.15, 0.2) is 0 Å². The fraction of sp³-hybridized carbons (Fsp3) is 0.367. The zero-order valence-corrected chi connectivity index (χ0v) is 22.8. The molecule has 0 unspecified atom stereocenters. The number of benzene rings is 1. The summed E-state index contributed by atoms with van der Waals surface area (Å²) in [6, 6.07) is 12.6. The van der Waals surface area contributed by atoms with Gasteiger partial charge < -0.3 is 9.64 Å². The Bertz CT molecular complexity index is 1610. The van der Waals surface area contributed by atoms with Gasteiger partial charge in [0.25, 0.3) is 5.78 Å². The summed E-state index contributed by atoms with van der Waals surface area (Å²) in [4.78, 5) is 31.6. The van der Waals surface area contributed by atoms with E-state index in [0.29, 0.717) is 50.4 Å². The first kappa shape index (κ1) is 26.9. The molecular formula is C30H32N8O2. The van der Waals surface area contributed by atoms with Gasteiger partial charge in [-0.1, -0.05) is 18.2 Å². The number of piperidine rings is 1. The summed E-state index contributed by atoms with van der Waals surface area (Å²) < 4.78 is 6.94. The van der Waals surface area contributed by atoms with E-state index in [1.54, 1.807) is 42.0 Å². The van der Waals surface area contributed by atoms with Crippen LogP contribution in [0.5, 0.6) is 0 Å². The van der Waals surface area contributed by atoms with E-state index in [1.165, 1.54) is 0 Å². The number of allylic oxidation sites excluding steroid dienone is 2. The second kappa shape index (κ2) is 12.0. The predicted molar refractivity (Wildman–Crippen MR) is 153 cm³/mol. The normalized spacial score (nSPS) is 15.5. The number of hydrogen-bond acceptors (Lipinski definition) is 8. The van der Waals surface area contributed by atoms with E-state index in [0.717, 1.165) is 40.6 Å². The number of aromatic nitrogens is 5. The molecule has 1 aliphatic rings. The number of aliphatic imine (C=N–C) groups is 1. The quantitative estimate of drug-likeness (QED) is 0.294. The number of carbonyl (C=O) groups excluding carboxylic acids is 1. The first-order valence-electron chi connectivity index (χ1n) is 13.5. The summed E-state index contributed by atoms with van der Waals surface area (Å²) in [5.74, 6) is 0.529. The lowest BCUT2D eigenvalue weighted by atomic mass is 9.73. The lowest BCUT2D eigenvalue weighted by Gasteiger charge is -2.39. The van der Waals surface area contributed by atoms with Crippen LogP contribution in [0, 0.1) is 16.7 Å². The van der Waals surface area contributed by atoms with Gasteiger partial charge in [-0.15, -0.1) is 0 Å². The molecule has 0 spiro atoms. The van der Waals surface area contributed by atoms with Crippen LogP contribution in [0.15, 0.2) is 60.0 Å². The molecule has 1 fully saturated rings. The SMILES string of the molecule is CCOC(=O)N1CCC(CC#N)(C/C=C(\C=NC)c2cnc3ncc(Cc4ccc5ncccc5c4)n3n2)CC1. The highest BCUT2D eigenvalue weighted by Gasteiger charge is 2.35. The lowest BCUT2D eigenvalue weighted by Crippen LogP contribution is -2.43. The van der Waals surface area contributed by atoms with Gasteiger partial charge >= 0.3 is 6.09 Å². The third kappa shape index (κ3) is 5.83. The Labute approximate surface area is 233 Å². The summed E-state index contributed by atoms with van der Waals surface area (Å²) in [7, 11) is 1.72. The van der Waals surface area contributed by atoms with Crippen molar-refractivity contribution in [3.8, 4) is 6.07 Å². The van der Waals surface area contributed by atoms with Gasteiger partial charge in [-0.25, -0.2) is 19.3 Å². The van der Waals surface area contributed by atoms with Crippen LogP contribution in [-0.2, 0) is 11.2 Å². The van der Waals surface area contributed by atoms with Crippen LogP contribution >= 0.6 is 0 Å². The van der Waals surface area contributed by atoms with Crippen molar-refractivity contribution in [1.82, 2.24) is 29.5 Å². The minimum absolute atomic E-state index is 0.229. The van der Waals surface area contributed by atoms with E-state index in [4.69, 9.17) is 9.84 Å².